The van der Waals surface area contributed by atoms with Crippen LogP contribution < -0.4 is 4.72 Å². The van der Waals surface area contributed by atoms with Crippen LogP contribution in [0.3, 0.4) is 0 Å². The lowest BCUT2D eigenvalue weighted by molar-refractivity contribution is -0.152. The number of nitrogens with one attached hydrogen (secondary N) is 1. The molecule has 7 nitrogen and oxygen atoms in total. The van der Waals surface area contributed by atoms with Crippen molar-refractivity contribution in [2.24, 2.45) is 0 Å². The minimum Gasteiger partial charge on any atom is -0.456 e. The molecule has 0 radical (unpaired) electrons. The molecule has 1 aliphatic rings. The van der Waals surface area contributed by atoms with Gasteiger partial charge in [0, 0.05) is 19.5 Å². The fourth-order valence-corrected chi connectivity index (χ4v) is 3.38. The molecule has 0 bridgehead atoms. The van der Waals surface area contributed by atoms with Crippen LogP contribution in [0.25, 0.3) is 0 Å². The average molecular weight is 368 g/mol. The number of benzene rings is 1. The van der Waals surface area contributed by atoms with Gasteiger partial charge in [-0.25, -0.2) is 13.1 Å². The Hall–Kier alpha value is -1.93. The Bertz CT molecular complexity index is 694. The Kier molecular flexibility index (Phi) is 6.95. The fourth-order valence-electron chi connectivity index (χ4n) is 2.65. The van der Waals surface area contributed by atoms with Crippen LogP contribution in [-0.4, -0.2) is 51.9 Å². The molecule has 0 spiro atoms. The van der Waals surface area contributed by atoms with E-state index < -0.39 is 16.0 Å². The Balaban J connectivity index is 1.75. The van der Waals surface area contributed by atoms with Crippen molar-refractivity contribution < 1.29 is 22.7 Å². The number of carbonyl (C=O) groups excluding carboxylic acids is 2. The zero-order chi connectivity index (χ0) is 18.3. The van der Waals surface area contributed by atoms with E-state index in [-0.39, 0.29) is 23.8 Å². The van der Waals surface area contributed by atoms with Crippen molar-refractivity contribution in [1.29, 1.82) is 0 Å². The Morgan fingerprint density at radius 3 is 2.36 bits per heavy atom. The zero-order valence-electron chi connectivity index (χ0n) is 14.4. The highest BCUT2D eigenvalue weighted by Gasteiger charge is 2.18. The number of hydrogen-bond donors (Lipinski definition) is 1. The van der Waals surface area contributed by atoms with E-state index in [0.717, 1.165) is 37.9 Å². The van der Waals surface area contributed by atoms with Gasteiger partial charge in [-0.15, -0.1) is 0 Å². The standard InChI is InChI=1S/C17H24N2O5S/c1-18-25(22,23)15-8-5-14(6-9-15)7-10-17(21)24-13-16(20)19-11-3-2-4-12-19/h5-6,8-9,18H,2-4,7,10-13H2,1H3. The van der Waals surface area contributed by atoms with Gasteiger partial charge in [0.1, 0.15) is 0 Å². The SMILES string of the molecule is CNS(=O)(=O)c1ccc(CCC(=O)OCC(=O)N2CCCCC2)cc1. The number of carbonyl (C=O) groups is 2. The lowest BCUT2D eigenvalue weighted by Crippen LogP contribution is -2.38. The molecule has 1 fully saturated rings. The molecular weight excluding hydrogens is 344 g/mol. The smallest absolute Gasteiger partial charge is 0.306 e. The second-order valence-corrected chi connectivity index (χ2v) is 7.84. The first-order valence-corrected chi connectivity index (χ1v) is 9.86. The minimum absolute atomic E-state index is 0.144. The maximum atomic E-state index is 11.9. The van der Waals surface area contributed by atoms with E-state index in [1.807, 2.05) is 0 Å². The molecule has 1 amide bonds. The van der Waals surface area contributed by atoms with Gasteiger partial charge in [0.15, 0.2) is 6.61 Å². The number of ether oxygens (including phenoxy) is 1. The molecule has 1 N–H and O–H groups in total. The van der Waals surface area contributed by atoms with Crippen LogP contribution in [0.1, 0.15) is 31.2 Å². The topological polar surface area (TPSA) is 92.8 Å². The maximum Gasteiger partial charge on any atom is 0.306 e. The van der Waals surface area contributed by atoms with Gasteiger partial charge < -0.3 is 9.64 Å². The summed E-state index contributed by atoms with van der Waals surface area (Å²) in [6.07, 6.45) is 3.71. The quantitative estimate of drug-likeness (QED) is 0.727. The summed E-state index contributed by atoms with van der Waals surface area (Å²) in [5.41, 5.74) is 0.828. The number of likely N-dealkylation sites (tertiary alicyclic amines) is 1. The van der Waals surface area contributed by atoms with Crippen molar-refractivity contribution >= 4 is 21.9 Å². The Morgan fingerprint density at radius 2 is 1.76 bits per heavy atom. The molecule has 0 saturated carbocycles. The van der Waals surface area contributed by atoms with Crippen molar-refractivity contribution in [1.82, 2.24) is 9.62 Å². The molecule has 25 heavy (non-hydrogen) atoms. The highest BCUT2D eigenvalue weighted by atomic mass is 32.2. The van der Waals surface area contributed by atoms with Crippen LogP contribution in [0, 0.1) is 0 Å². The van der Waals surface area contributed by atoms with Gasteiger partial charge >= 0.3 is 5.97 Å². The monoisotopic (exact) mass is 368 g/mol. The van der Waals surface area contributed by atoms with Crippen LogP contribution in [0.5, 0.6) is 0 Å². The lowest BCUT2D eigenvalue weighted by Gasteiger charge is -2.26. The largest absolute Gasteiger partial charge is 0.456 e. The van der Waals surface area contributed by atoms with Gasteiger partial charge in [-0.05, 0) is 50.4 Å². The van der Waals surface area contributed by atoms with Crippen molar-refractivity contribution in [3.8, 4) is 0 Å². The first-order valence-electron chi connectivity index (χ1n) is 8.38. The maximum absolute atomic E-state index is 11.9. The van der Waals surface area contributed by atoms with Gasteiger partial charge in [0.2, 0.25) is 10.0 Å². The molecule has 0 aliphatic carbocycles. The first kappa shape index (κ1) is 19.4. The van der Waals surface area contributed by atoms with Crippen LogP contribution in [0.2, 0.25) is 0 Å². The predicted octanol–water partition coefficient (Wildman–Crippen LogP) is 1.08. The van der Waals surface area contributed by atoms with Crippen LogP contribution in [-0.2, 0) is 30.8 Å². The summed E-state index contributed by atoms with van der Waals surface area (Å²) in [6, 6.07) is 6.31. The van der Waals surface area contributed by atoms with E-state index in [0.29, 0.717) is 6.42 Å². The summed E-state index contributed by atoms with van der Waals surface area (Å²) in [7, 11) is -2.11. The lowest BCUT2D eigenvalue weighted by atomic mass is 10.1. The van der Waals surface area contributed by atoms with E-state index in [1.54, 1.807) is 17.0 Å². The number of nitrogens with zero attached hydrogens (tertiary/aromatic N) is 1. The fraction of sp³-hybridized carbons (Fsp3) is 0.529. The number of aryl methyl sites for hydroxylation is 1. The summed E-state index contributed by atoms with van der Waals surface area (Å²) in [5, 5.41) is 0. The van der Waals surface area contributed by atoms with Gasteiger partial charge in [-0.3, -0.25) is 9.59 Å². The third kappa shape index (κ3) is 5.82. The molecule has 1 aromatic rings. The average Bonchev–Trinajstić information content (AvgIpc) is 2.65. The van der Waals surface area contributed by atoms with Crippen molar-refractivity contribution in [2.45, 2.75) is 37.0 Å². The Morgan fingerprint density at radius 1 is 1.12 bits per heavy atom. The Labute approximate surface area is 148 Å². The van der Waals surface area contributed by atoms with Gasteiger partial charge in [-0.2, -0.15) is 0 Å². The summed E-state index contributed by atoms with van der Waals surface area (Å²) >= 11 is 0. The van der Waals surface area contributed by atoms with Gasteiger partial charge in [0.25, 0.3) is 5.91 Å². The number of hydrogen-bond acceptors (Lipinski definition) is 5. The third-order valence-electron chi connectivity index (χ3n) is 4.19. The highest BCUT2D eigenvalue weighted by molar-refractivity contribution is 7.89. The molecular formula is C17H24N2O5S. The number of piperidine rings is 1. The summed E-state index contributed by atoms with van der Waals surface area (Å²) in [6.45, 7) is 1.26. The van der Waals surface area contributed by atoms with E-state index in [4.69, 9.17) is 4.74 Å². The molecule has 2 rings (SSSR count). The van der Waals surface area contributed by atoms with Crippen LogP contribution >= 0.6 is 0 Å². The molecule has 0 atom stereocenters. The number of rotatable bonds is 7. The zero-order valence-corrected chi connectivity index (χ0v) is 15.2. The first-order chi connectivity index (χ1) is 11.9. The molecule has 1 heterocycles. The molecule has 1 aliphatic heterocycles. The summed E-state index contributed by atoms with van der Waals surface area (Å²) in [5.74, 6) is -0.577. The molecule has 1 aromatic carbocycles. The van der Waals surface area contributed by atoms with E-state index >= 15 is 0 Å². The molecule has 1 saturated heterocycles. The normalized spacial score (nSPS) is 15.0. The molecule has 0 unspecified atom stereocenters. The summed E-state index contributed by atoms with van der Waals surface area (Å²) < 4.78 is 30.6. The minimum atomic E-state index is -3.46. The van der Waals surface area contributed by atoms with Gasteiger partial charge in [0.05, 0.1) is 4.90 Å². The second kappa shape index (κ2) is 8.96. The number of sulfonamides is 1. The van der Waals surface area contributed by atoms with Crippen molar-refractivity contribution in [3.63, 3.8) is 0 Å². The van der Waals surface area contributed by atoms with E-state index in [1.165, 1.54) is 19.2 Å². The molecule has 8 heteroatoms. The second-order valence-electron chi connectivity index (χ2n) is 5.95. The molecule has 138 valence electrons. The van der Waals surface area contributed by atoms with E-state index in [2.05, 4.69) is 4.72 Å². The third-order valence-corrected chi connectivity index (χ3v) is 5.62. The number of amides is 1. The summed E-state index contributed by atoms with van der Waals surface area (Å²) in [4.78, 5) is 25.6. The van der Waals surface area contributed by atoms with Crippen LogP contribution in [0.15, 0.2) is 29.2 Å². The van der Waals surface area contributed by atoms with E-state index in [9.17, 15) is 18.0 Å². The molecule has 0 aromatic heterocycles. The van der Waals surface area contributed by atoms with Crippen molar-refractivity contribution in [2.75, 3.05) is 26.7 Å². The van der Waals surface area contributed by atoms with Crippen LogP contribution in [0.4, 0.5) is 0 Å². The van der Waals surface area contributed by atoms with Gasteiger partial charge in [-0.1, -0.05) is 12.1 Å². The van der Waals surface area contributed by atoms with Crippen molar-refractivity contribution in [3.05, 3.63) is 29.8 Å². The predicted molar refractivity (Wildman–Crippen MR) is 92.4 cm³/mol. The highest BCUT2D eigenvalue weighted by Crippen LogP contribution is 2.12. The number of esters is 1.